The quantitative estimate of drug-likeness (QED) is 0.644. The second kappa shape index (κ2) is 8.35. The molecule has 0 saturated carbocycles. The molecule has 0 atom stereocenters. The van der Waals surface area contributed by atoms with E-state index in [4.69, 9.17) is 0 Å². The normalized spacial score (nSPS) is 11.4. The minimum atomic E-state index is -0.0252. The highest BCUT2D eigenvalue weighted by Gasteiger charge is 2.16. The summed E-state index contributed by atoms with van der Waals surface area (Å²) in [7, 11) is 0. The van der Waals surface area contributed by atoms with Gasteiger partial charge in [-0.2, -0.15) is 4.68 Å². The van der Waals surface area contributed by atoms with Crippen LogP contribution in [-0.4, -0.2) is 26.1 Å². The van der Waals surface area contributed by atoms with Crippen molar-refractivity contribution in [1.82, 2.24) is 20.2 Å². The third-order valence-corrected chi connectivity index (χ3v) is 4.74. The number of hydrogen-bond acceptors (Lipinski definition) is 5. The van der Waals surface area contributed by atoms with Gasteiger partial charge in [-0.25, -0.2) is 0 Å². The molecule has 1 aromatic heterocycles. The molecule has 2 aromatic carbocycles. The van der Waals surface area contributed by atoms with Gasteiger partial charge in [0.15, 0.2) is 5.82 Å². The number of rotatable bonds is 6. The van der Waals surface area contributed by atoms with E-state index in [2.05, 4.69) is 41.6 Å². The van der Waals surface area contributed by atoms with Crippen molar-refractivity contribution in [1.29, 1.82) is 0 Å². The largest absolute Gasteiger partial charge is 0.326 e. The Morgan fingerprint density at radius 2 is 1.78 bits per heavy atom. The maximum atomic E-state index is 12.0. The Kier molecular flexibility index (Phi) is 5.91. The van der Waals surface area contributed by atoms with Crippen molar-refractivity contribution >= 4 is 23.4 Å². The third-order valence-electron chi connectivity index (χ3n) is 3.73. The molecule has 0 bridgehead atoms. The summed E-state index contributed by atoms with van der Waals surface area (Å²) in [4.78, 5) is 13.1. The summed E-state index contributed by atoms with van der Waals surface area (Å²) in [5.41, 5.74) is 1.72. The van der Waals surface area contributed by atoms with Crippen LogP contribution >= 0.6 is 11.8 Å². The van der Waals surface area contributed by atoms with Gasteiger partial charge >= 0.3 is 0 Å². The molecule has 0 aliphatic heterocycles. The lowest BCUT2D eigenvalue weighted by Gasteiger charge is -2.17. The third kappa shape index (κ3) is 5.65. The first kappa shape index (κ1) is 19.1. The highest BCUT2D eigenvalue weighted by molar-refractivity contribution is 7.98. The first-order valence-corrected chi connectivity index (χ1v) is 9.75. The molecule has 0 spiro atoms. The SMILES string of the molecule is CC(C)(C)CC(=O)Nc1ccc(SCc2nnnn2-c2ccccc2)cc1. The van der Waals surface area contributed by atoms with Gasteiger partial charge in [0.05, 0.1) is 11.4 Å². The molecule has 6 nitrogen and oxygen atoms in total. The number of amides is 1. The van der Waals surface area contributed by atoms with Gasteiger partial charge in [0.2, 0.25) is 5.91 Å². The summed E-state index contributed by atoms with van der Waals surface area (Å²) in [6, 6.07) is 17.7. The average Bonchev–Trinajstić information content (AvgIpc) is 3.09. The van der Waals surface area contributed by atoms with Crippen LogP contribution in [0.25, 0.3) is 5.69 Å². The molecule has 1 heterocycles. The summed E-state index contributed by atoms with van der Waals surface area (Å²) in [6.45, 7) is 6.15. The predicted octanol–water partition coefficient (Wildman–Crippen LogP) is 4.33. The summed E-state index contributed by atoms with van der Waals surface area (Å²) < 4.78 is 1.74. The van der Waals surface area contributed by atoms with E-state index in [1.165, 1.54) is 0 Å². The van der Waals surface area contributed by atoms with Gasteiger partial charge in [-0.05, 0) is 52.2 Å². The molecule has 3 rings (SSSR count). The molecule has 0 unspecified atom stereocenters. The molecule has 7 heteroatoms. The van der Waals surface area contributed by atoms with E-state index in [0.717, 1.165) is 22.1 Å². The van der Waals surface area contributed by atoms with Crippen molar-refractivity contribution in [3.8, 4) is 5.69 Å². The van der Waals surface area contributed by atoms with E-state index in [1.807, 2.05) is 54.6 Å². The Labute approximate surface area is 163 Å². The number of benzene rings is 2. The summed E-state index contributed by atoms with van der Waals surface area (Å²) >= 11 is 1.65. The Hall–Kier alpha value is -2.67. The van der Waals surface area contributed by atoms with Crippen LogP contribution in [0.1, 0.15) is 33.0 Å². The molecule has 0 radical (unpaired) electrons. The zero-order valence-electron chi connectivity index (χ0n) is 15.7. The topological polar surface area (TPSA) is 72.7 Å². The van der Waals surface area contributed by atoms with E-state index in [0.29, 0.717) is 12.2 Å². The molecule has 0 saturated heterocycles. The number of carbonyl (C=O) groups is 1. The number of hydrogen-bond donors (Lipinski definition) is 1. The Morgan fingerprint density at radius 1 is 1.07 bits per heavy atom. The van der Waals surface area contributed by atoms with E-state index >= 15 is 0 Å². The first-order chi connectivity index (χ1) is 12.9. The van der Waals surface area contributed by atoms with Crippen molar-refractivity contribution < 1.29 is 4.79 Å². The van der Waals surface area contributed by atoms with Gasteiger partial charge in [0.1, 0.15) is 0 Å². The van der Waals surface area contributed by atoms with Crippen molar-refractivity contribution in [3.05, 3.63) is 60.4 Å². The van der Waals surface area contributed by atoms with Crippen LogP contribution in [0, 0.1) is 5.41 Å². The van der Waals surface area contributed by atoms with Crippen LogP contribution in [0.5, 0.6) is 0 Å². The van der Waals surface area contributed by atoms with Crippen LogP contribution in [0.3, 0.4) is 0 Å². The minimum Gasteiger partial charge on any atom is -0.326 e. The zero-order chi connectivity index (χ0) is 19.3. The number of nitrogens with zero attached hydrogens (tertiary/aromatic N) is 4. The summed E-state index contributed by atoms with van der Waals surface area (Å²) in [6.07, 6.45) is 0.492. The summed E-state index contributed by atoms with van der Waals surface area (Å²) in [5, 5.41) is 14.9. The maximum Gasteiger partial charge on any atom is 0.224 e. The predicted molar refractivity (Wildman–Crippen MR) is 108 cm³/mol. The lowest BCUT2D eigenvalue weighted by Crippen LogP contribution is -2.19. The highest BCUT2D eigenvalue weighted by Crippen LogP contribution is 2.25. The number of para-hydroxylation sites is 1. The maximum absolute atomic E-state index is 12.0. The fourth-order valence-electron chi connectivity index (χ4n) is 2.53. The van der Waals surface area contributed by atoms with Gasteiger partial charge in [-0.1, -0.05) is 39.0 Å². The van der Waals surface area contributed by atoms with E-state index in [9.17, 15) is 4.79 Å². The van der Waals surface area contributed by atoms with Gasteiger partial charge in [0.25, 0.3) is 0 Å². The van der Waals surface area contributed by atoms with Gasteiger partial charge < -0.3 is 5.32 Å². The van der Waals surface area contributed by atoms with Crippen LogP contribution in [0.4, 0.5) is 5.69 Å². The number of nitrogens with one attached hydrogen (secondary N) is 1. The van der Waals surface area contributed by atoms with Crippen LogP contribution in [0.2, 0.25) is 0 Å². The molecule has 0 aliphatic rings. The standard InChI is InChI=1S/C20H23N5OS/c1-20(2,3)13-19(26)21-15-9-11-17(12-10-15)27-14-18-22-23-24-25(18)16-7-5-4-6-8-16/h4-12H,13-14H2,1-3H3,(H,21,26). The smallest absolute Gasteiger partial charge is 0.224 e. The number of anilines is 1. The monoisotopic (exact) mass is 381 g/mol. The zero-order valence-corrected chi connectivity index (χ0v) is 16.5. The molecule has 140 valence electrons. The minimum absolute atomic E-state index is 0.0252. The van der Waals surface area contributed by atoms with Gasteiger partial charge in [-0.3, -0.25) is 4.79 Å². The fourth-order valence-corrected chi connectivity index (χ4v) is 3.34. The van der Waals surface area contributed by atoms with Crippen molar-refractivity contribution in [2.24, 2.45) is 5.41 Å². The molecule has 0 aliphatic carbocycles. The van der Waals surface area contributed by atoms with Crippen molar-refractivity contribution in [2.75, 3.05) is 5.32 Å². The lowest BCUT2D eigenvalue weighted by atomic mass is 9.92. The summed E-state index contributed by atoms with van der Waals surface area (Å²) in [5.74, 6) is 1.47. The van der Waals surface area contributed by atoms with E-state index in [-0.39, 0.29) is 11.3 Å². The van der Waals surface area contributed by atoms with Gasteiger partial charge in [-0.15, -0.1) is 16.9 Å². The second-order valence-corrected chi connectivity index (χ2v) is 8.49. The van der Waals surface area contributed by atoms with E-state index in [1.54, 1.807) is 16.4 Å². The Bertz CT molecular complexity index is 885. The van der Waals surface area contributed by atoms with Crippen molar-refractivity contribution in [2.45, 2.75) is 37.8 Å². The van der Waals surface area contributed by atoms with Gasteiger partial charge in [0, 0.05) is 17.0 Å². The van der Waals surface area contributed by atoms with E-state index < -0.39 is 0 Å². The molecule has 1 amide bonds. The average molecular weight is 382 g/mol. The van der Waals surface area contributed by atoms with Crippen LogP contribution in [0.15, 0.2) is 59.5 Å². The number of thioether (sulfide) groups is 1. The Morgan fingerprint density at radius 3 is 2.44 bits per heavy atom. The fraction of sp³-hybridized carbons (Fsp3) is 0.300. The van der Waals surface area contributed by atoms with Crippen LogP contribution < -0.4 is 5.32 Å². The lowest BCUT2D eigenvalue weighted by molar-refractivity contribution is -0.117. The molecular weight excluding hydrogens is 358 g/mol. The highest BCUT2D eigenvalue weighted by atomic mass is 32.2. The number of tetrazole rings is 1. The van der Waals surface area contributed by atoms with Crippen LogP contribution in [-0.2, 0) is 10.5 Å². The van der Waals surface area contributed by atoms with Crippen molar-refractivity contribution in [3.63, 3.8) is 0 Å². The molecular formula is C20H23N5OS. The molecule has 1 N–H and O–H groups in total. The first-order valence-electron chi connectivity index (χ1n) is 8.76. The number of carbonyl (C=O) groups excluding carboxylic acids is 1. The molecule has 0 fully saturated rings. The molecule has 27 heavy (non-hydrogen) atoms. The number of aromatic nitrogens is 4. The second-order valence-electron chi connectivity index (χ2n) is 7.44. The Balaban J connectivity index is 1.59. The molecule has 3 aromatic rings.